The van der Waals surface area contributed by atoms with E-state index in [1.165, 1.54) is 36.5 Å². The van der Waals surface area contributed by atoms with E-state index in [9.17, 15) is 0 Å². The van der Waals surface area contributed by atoms with Crippen LogP contribution in [-0.2, 0) is 6.42 Å². The van der Waals surface area contributed by atoms with E-state index in [4.69, 9.17) is 0 Å². The van der Waals surface area contributed by atoms with E-state index in [0.29, 0.717) is 0 Å². The number of likely N-dealkylation sites (N-methyl/N-ethyl adjacent to an activating group) is 1. The molecule has 2 rings (SSSR count). The summed E-state index contributed by atoms with van der Waals surface area (Å²) < 4.78 is 0. The summed E-state index contributed by atoms with van der Waals surface area (Å²) in [5, 5.41) is 3.54. The monoisotopic (exact) mass is 253 g/mol. The SMILES string of the molecule is CCN(CCNCCc1scnc1C)C1CC1. The minimum Gasteiger partial charge on any atom is -0.315 e. The summed E-state index contributed by atoms with van der Waals surface area (Å²) in [4.78, 5) is 8.28. The number of aromatic nitrogens is 1. The predicted molar refractivity (Wildman–Crippen MR) is 73.7 cm³/mol. The van der Waals surface area contributed by atoms with Crippen LogP contribution in [0.3, 0.4) is 0 Å². The zero-order chi connectivity index (χ0) is 12.1. The highest BCUT2D eigenvalue weighted by atomic mass is 32.1. The molecule has 0 spiro atoms. The molecule has 0 aliphatic heterocycles. The number of nitrogens with one attached hydrogen (secondary N) is 1. The van der Waals surface area contributed by atoms with E-state index in [1.807, 2.05) is 5.51 Å². The lowest BCUT2D eigenvalue weighted by atomic mass is 10.3. The standard InChI is InChI=1S/C13H23N3S/c1-3-16(12-4-5-12)9-8-14-7-6-13-11(2)15-10-17-13/h10,12,14H,3-9H2,1-2H3. The minimum absolute atomic E-state index is 0.894. The smallest absolute Gasteiger partial charge is 0.0797 e. The van der Waals surface area contributed by atoms with Gasteiger partial charge >= 0.3 is 0 Å². The van der Waals surface area contributed by atoms with Crippen LogP contribution in [0.4, 0.5) is 0 Å². The van der Waals surface area contributed by atoms with Gasteiger partial charge in [-0.25, -0.2) is 4.98 Å². The van der Waals surface area contributed by atoms with Gasteiger partial charge in [0, 0.05) is 30.6 Å². The zero-order valence-corrected chi connectivity index (χ0v) is 11.7. The average Bonchev–Trinajstić information content (AvgIpc) is 3.09. The van der Waals surface area contributed by atoms with Crippen LogP contribution in [0.1, 0.15) is 30.3 Å². The van der Waals surface area contributed by atoms with Crippen LogP contribution in [0.25, 0.3) is 0 Å². The highest BCUT2D eigenvalue weighted by Gasteiger charge is 2.26. The van der Waals surface area contributed by atoms with Crippen LogP contribution >= 0.6 is 11.3 Å². The molecule has 0 atom stereocenters. The van der Waals surface area contributed by atoms with E-state index < -0.39 is 0 Å². The van der Waals surface area contributed by atoms with Gasteiger partial charge in [0.25, 0.3) is 0 Å². The molecular weight excluding hydrogens is 230 g/mol. The third-order valence-electron chi connectivity index (χ3n) is 3.42. The van der Waals surface area contributed by atoms with Gasteiger partial charge < -0.3 is 5.32 Å². The summed E-state index contributed by atoms with van der Waals surface area (Å²) in [7, 11) is 0. The normalized spacial score (nSPS) is 15.7. The summed E-state index contributed by atoms with van der Waals surface area (Å²) in [6.45, 7) is 8.94. The maximum atomic E-state index is 4.27. The lowest BCUT2D eigenvalue weighted by molar-refractivity contribution is 0.277. The molecule has 0 radical (unpaired) electrons. The lowest BCUT2D eigenvalue weighted by Crippen LogP contribution is -2.34. The molecule has 17 heavy (non-hydrogen) atoms. The van der Waals surface area contributed by atoms with E-state index in [-0.39, 0.29) is 0 Å². The molecule has 1 N–H and O–H groups in total. The number of hydrogen-bond acceptors (Lipinski definition) is 4. The van der Waals surface area contributed by atoms with Crippen LogP contribution in [0.15, 0.2) is 5.51 Å². The Balaban J connectivity index is 1.55. The van der Waals surface area contributed by atoms with Crippen molar-refractivity contribution in [2.45, 2.75) is 39.2 Å². The summed E-state index contributed by atoms with van der Waals surface area (Å²) in [6, 6.07) is 0.894. The van der Waals surface area contributed by atoms with Crippen molar-refractivity contribution in [3.8, 4) is 0 Å². The molecule has 0 aromatic carbocycles. The first-order chi connectivity index (χ1) is 8.31. The number of nitrogens with zero attached hydrogens (tertiary/aromatic N) is 2. The third kappa shape index (κ3) is 4.05. The molecule has 0 saturated heterocycles. The Morgan fingerprint density at radius 2 is 2.29 bits per heavy atom. The molecule has 96 valence electrons. The van der Waals surface area contributed by atoms with Gasteiger partial charge in [0.05, 0.1) is 11.2 Å². The highest BCUT2D eigenvalue weighted by molar-refractivity contribution is 7.09. The van der Waals surface area contributed by atoms with E-state index in [0.717, 1.165) is 25.6 Å². The average molecular weight is 253 g/mol. The summed E-state index contributed by atoms with van der Waals surface area (Å²) in [6.07, 6.45) is 3.94. The molecule has 1 heterocycles. The van der Waals surface area contributed by atoms with Crippen molar-refractivity contribution in [3.63, 3.8) is 0 Å². The van der Waals surface area contributed by atoms with Crippen molar-refractivity contribution < 1.29 is 0 Å². The molecule has 1 aliphatic rings. The van der Waals surface area contributed by atoms with E-state index in [1.54, 1.807) is 11.3 Å². The van der Waals surface area contributed by atoms with Gasteiger partial charge in [-0.3, -0.25) is 4.90 Å². The Bertz CT molecular complexity index is 333. The van der Waals surface area contributed by atoms with Crippen molar-refractivity contribution >= 4 is 11.3 Å². The lowest BCUT2D eigenvalue weighted by Gasteiger charge is -2.19. The Morgan fingerprint density at radius 1 is 1.47 bits per heavy atom. The molecular formula is C13H23N3S. The second-order valence-electron chi connectivity index (χ2n) is 4.72. The van der Waals surface area contributed by atoms with Crippen LogP contribution in [0.5, 0.6) is 0 Å². The predicted octanol–water partition coefficient (Wildman–Crippen LogP) is 2.07. The maximum Gasteiger partial charge on any atom is 0.0797 e. The molecule has 4 heteroatoms. The van der Waals surface area contributed by atoms with Crippen LogP contribution < -0.4 is 5.32 Å². The first-order valence-electron chi connectivity index (χ1n) is 6.65. The van der Waals surface area contributed by atoms with Crippen molar-refractivity contribution in [3.05, 3.63) is 16.1 Å². The molecule has 0 bridgehead atoms. The topological polar surface area (TPSA) is 28.2 Å². The Hall–Kier alpha value is -0.450. The van der Waals surface area contributed by atoms with Gasteiger partial charge in [0.15, 0.2) is 0 Å². The van der Waals surface area contributed by atoms with Crippen molar-refractivity contribution in [1.82, 2.24) is 15.2 Å². The fourth-order valence-electron chi connectivity index (χ4n) is 2.15. The summed E-state index contributed by atoms with van der Waals surface area (Å²) in [5.41, 5.74) is 3.14. The first-order valence-corrected chi connectivity index (χ1v) is 7.53. The molecule has 1 aromatic rings. The van der Waals surface area contributed by atoms with Gasteiger partial charge in [0.1, 0.15) is 0 Å². The Labute approximate surface area is 108 Å². The Morgan fingerprint density at radius 3 is 2.88 bits per heavy atom. The Kier molecular flexibility index (Phi) is 4.95. The molecule has 0 unspecified atom stereocenters. The van der Waals surface area contributed by atoms with Crippen molar-refractivity contribution in [1.29, 1.82) is 0 Å². The molecule has 1 saturated carbocycles. The van der Waals surface area contributed by atoms with Crippen LogP contribution in [0.2, 0.25) is 0 Å². The largest absolute Gasteiger partial charge is 0.315 e. The van der Waals surface area contributed by atoms with Crippen LogP contribution in [0, 0.1) is 6.92 Å². The second-order valence-corrected chi connectivity index (χ2v) is 5.66. The summed E-state index contributed by atoms with van der Waals surface area (Å²) in [5.74, 6) is 0. The zero-order valence-electron chi connectivity index (χ0n) is 10.9. The van der Waals surface area contributed by atoms with Gasteiger partial charge in [-0.15, -0.1) is 11.3 Å². The number of hydrogen-bond donors (Lipinski definition) is 1. The molecule has 1 aliphatic carbocycles. The van der Waals surface area contributed by atoms with Gasteiger partial charge in [-0.05, 0) is 32.7 Å². The minimum atomic E-state index is 0.894. The third-order valence-corrected chi connectivity index (χ3v) is 4.41. The quantitative estimate of drug-likeness (QED) is 0.719. The van der Waals surface area contributed by atoms with E-state index in [2.05, 4.69) is 29.0 Å². The van der Waals surface area contributed by atoms with Gasteiger partial charge in [0.2, 0.25) is 0 Å². The molecule has 1 fully saturated rings. The van der Waals surface area contributed by atoms with Crippen LogP contribution in [-0.4, -0.2) is 42.1 Å². The first kappa shape index (κ1) is 13.0. The molecule has 1 aromatic heterocycles. The highest BCUT2D eigenvalue weighted by Crippen LogP contribution is 2.25. The number of thiazole rings is 1. The van der Waals surface area contributed by atoms with Gasteiger partial charge in [-0.2, -0.15) is 0 Å². The van der Waals surface area contributed by atoms with Crippen molar-refractivity contribution in [2.24, 2.45) is 0 Å². The summed E-state index contributed by atoms with van der Waals surface area (Å²) >= 11 is 1.77. The maximum absolute atomic E-state index is 4.27. The fourth-order valence-corrected chi connectivity index (χ4v) is 2.94. The molecule has 3 nitrogen and oxygen atoms in total. The number of aryl methyl sites for hydroxylation is 1. The van der Waals surface area contributed by atoms with Crippen molar-refractivity contribution in [2.75, 3.05) is 26.2 Å². The second kappa shape index (κ2) is 6.47. The fraction of sp³-hybridized carbons (Fsp3) is 0.769. The van der Waals surface area contributed by atoms with E-state index >= 15 is 0 Å². The van der Waals surface area contributed by atoms with Gasteiger partial charge in [-0.1, -0.05) is 6.92 Å². The molecule has 0 amide bonds. The number of rotatable bonds is 8.